The summed E-state index contributed by atoms with van der Waals surface area (Å²) in [6.45, 7) is 3.35. The average molecular weight is 335 g/mol. The van der Waals surface area contributed by atoms with Crippen molar-refractivity contribution >= 4 is 0 Å². The van der Waals surface area contributed by atoms with Gasteiger partial charge < -0.3 is 5.32 Å². The lowest BCUT2D eigenvalue weighted by Crippen LogP contribution is -2.33. The summed E-state index contributed by atoms with van der Waals surface area (Å²) < 4.78 is 39.3. The molecule has 1 aliphatic heterocycles. The second-order valence-electron chi connectivity index (χ2n) is 5.92. The highest BCUT2D eigenvalue weighted by atomic mass is 19.4. The lowest BCUT2D eigenvalue weighted by atomic mass is 9.98. The van der Waals surface area contributed by atoms with Gasteiger partial charge in [-0.05, 0) is 42.8 Å². The van der Waals surface area contributed by atoms with E-state index in [1.54, 1.807) is 12.3 Å². The van der Waals surface area contributed by atoms with Crippen molar-refractivity contribution in [3.05, 3.63) is 65.5 Å². The zero-order valence-corrected chi connectivity index (χ0v) is 13.3. The summed E-state index contributed by atoms with van der Waals surface area (Å²) in [5, 5.41) is 3.33. The van der Waals surface area contributed by atoms with Crippen molar-refractivity contribution in [2.75, 3.05) is 26.2 Å². The van der Waals surface area contributed by atoms with Crippen molar-refractivity contribution in [3.63, 3.8) is 0 Å². The second-order valence-corrected chi connectivity index (χ2v) is 5.92. The van der Waals surface area contributed by atoms with Crippen LogP contribution in [0.2, 0.25) is 0 Å². The van der Waals surface area contributed by atoms with Crippen LogP contribution in [0.5, 0.6) is 0 Å². The maximum Gasteiger partial charge on any atom is 0.416 e. The number of aromatic nitrogens is 1. The van der Waals surface area contributed by atoms with Gasteiger partial charge in [-0.1, -0.05) is 18.2 Å². The minimum Gasteiger partial charge on any atom is -0.315 e. The van der Waals surface area contributed by atoms with E-state index in [1.807, 2.05) is 18.2 Å². The van der Waals surface area contributed by atoms with E-state index < -0.39 is 11.7 Å². The molecule has 1 unspecified atom stereocenters. The van der Waals surface area contributed by atoms with E-state index >= 15 is 0 Å². The Hall–Kier alpha value is -1.92. The summed E-state index contributed by atoms with van der Waals surface area (Å²) in [7, 11) is 0. The average Bonchev–Trinajstić information content (AvgIpc) is 2.85. The molecule has 1 N–H and O–H groups in total. The molecule has 1 aromatic carbocycles. The van der Waals surface area contributed by atoms with E-state index in [0.717, 1.165) is 44.4 Å². The molecule has 0 bridgehead atoms. The first-order chi connectivity index (χ1) is 11.6. The molecule has 0 amide bonds. The maximum atomic E-state index is 13.1. The molecule has 1 aliphatic rings. The third kappa shape index (κ3) is 3.94. The summed E-state index contributed by atoms with van der Waals surface area (Å²) in [5.74, 6) is 0. The monoisotopic (exact) mass is 335 g/mol. The van der Waals surface area contributed by atoms with Crippen molar-refractivity contribution in [1.29, 1.82) is 0 Å². The van der Waals surface area contributed by atoms with E-state index in [0.29, 0.717) is 5.56 Å². The normalized spacial score (nSPS) is 18.1. The lowest BCUT2D eigenvalue weighted by molar-refractivity contribution is -0.137. The molecule has 2 heterocycles. The third-order valence-corrected chi connectivity index (χ3v) is 4.24. The Kier molecular flexibility index (Phi) is 5.16. The summed E-state index contributed by atoms with van der Waals surface area (Å²) in [6, 6.07) is 10.9. The quantitative estimate of drug-likeness (QED) is 0.931. The number of hydrogen-bond donors (Lipinski definition) is 1. The number of pyridine rings is 1. The Morgan fingerprint density at radius 3 is 2.67 bits per heavy atom. The zero-order chi connectivity index (χ0) is 17.0. The predicted molar refractivity (Wildman–Crippen MR) is 86.6 cm³/mol. The Labute approximate surface area is 139 Å². The first kappa shape index (κ1) is 16.9. The highest BCUT2D eigenvalue weighted by Crippen LogP contribution is 2.34. The Balaban J connectivity index is 2.01. The molecule has 1 atom stereocenters. The van der Waals surface area contributed by atoms with Crippen molar-refractivity contribution < 1.29 is 13.2 Å². The maximum absolute atomic E-state index is 13.1. The largest absolute Gasteiger partial charge is 0.416 e. The molecule has 3 nitrogen and oxygen atoms in total. The van der Waals surface area contributed by atoms with Crippen molar-refractivity contribution in [2.24, 2.45) is 0 Å². The number of hydrogen-bond acceptors (Lipinski definition) is 3. The molecule has 0 spiro atoms. The van der Waals surface area contributed by atoms with Crippen LogP contribution in [0.3, 0.4) is 0 Å². The molecule has 0 radical (unpaired) electrons. The molecular weight excluding hydrogens is 315 g/mol. The fourth-order valence-electron chi connectivity index (χ4n) is 3.12. The number of rotatable bonds is 3. The van der Waals surface area contributed by atoms with Gasteiger partial charge in [0.1, 0.15) is 0 Å². The smallest absolute Gasteiger partial charge is 0.315 e. The highest BCUT2D eigenvalue weighted by Gasteiger charge is 2.32. The van der Waals surface area contributed by atoms with Crippen LogP contribution >= 0.6 is 0 Å². The van der Waals surface area contributed by atoms with Gasteiger partial charge in [0.25, 0.3) is 0 Å². The molecule has 6 heteroatoms. The van der Waals surface area contributed by atoms with Crippen molar-refractivity contribution in [3.8, 4) is 0 Å². The van der Waals surface area contributed by atoms with Crippen LogP contribution in [0.1, 0.15) is 29.3 Å². The van der Waals surface area contributed by atoms with Gasteiger partial charge in [-0.25, -0.2) is 0 Å². The van der Waals surface area contributed by atoms with Crippen LogP contribution in [0.25, 0.3) is 0 Å². The van der Waals surface area contributed by atoms with Crippen LogP contribution in [-0.4, -0.2) is 36.1 Å². The molecule has 1 saturated heterocycles. The molecule has 2 aromatic rings. The van der Waals surface area contributed by atoms with Gasteiger partial charge in [0.05, 0.1) is 17.3 Å². The van der Waals surface area contributed by atoms with Crippen molar-refractivity contribution in [2.45, 2.75) is 18.6 Å². The van der Waals surface area contributed by atoms with Gasteiger partial charge in [0, 0.05) is 25.8 Å². The topological polar surface area (TPSA) is 28.2 Å². The van der Waals surface area contributed by atoms with E-state index in [-0.39, 0.29) is 6.04 Å². The summed E-state index contributed by atoms with van der Waals surface area (Å²) in [4.78, 5) is 6.62. The van der Waals surface area contributed by atoms with E-state index in [1.165, 1.54) is 12.1 Å². The van der Waals surface area contributed by atoms with Gasteiger partial charge in [-0.3, -0.25) is 9.88 Å². The molecule has 1 aromatic heterocycles. The predicted octanol–water partition coefficient (Wildman–Crippen LogP) is 3.49. The standard InChI is InChI=1S/C18H20F3N3/c19-18(20,21)15-6-3-5-14(13-15)17(16-7-1-2-9-23-16)24-11-4-8-22-10-12-24/h1-3,5-7,9,13,17,22H,4,8,10-12H2. The summed E-state index contributed by atoms with van der Waals surface area (Å²) in [5.41, 5.74) is 0.790. The van der Waals surface area contributed by atoms with Gasteiger partial charge in [-0.2, -0.15) is 13.2 Å². The van der Waals surface area contributed by atoms with Gasteiger partial charge in [0.15, 0.2) is 0 Å². The number of nitrogens with one attached hydrogen (secondary N) is 1. The molecule has 128 valence electrons. The fourth-order valence-corrected chi connectivity index (χ4v) is 3.12. The van der Waals surface area contributed by atoms with Crippen LogP contribution < -0.4 is 5.32 Å². The minimum atomic E-state index is -4.34. The molecule has 1 fully saturated rings. The molecule has 24 heavy (non-hydrogen) atoms. The number of alkyl halides is 3. The van der Waals surface area contributed by atoms with Gasteiger partial charge >= 0.3 is 6.18 Å². The van der Waals surface area contributed by atoms with Crippen LogP contribution in [0, 0.1) is 0 Å². The molecule has 0 aliphatic carbocycles. The number of benzene rings is 1. The van der Waals surface area contributed by atoms with E-state index in [2.05, 4.69) is 15.2 Å². The number of nitrogens with zero attached hydrogens (tertiary/aromatic N) is 2. The lowest BCUT2D eigenvalue weighted by Gasteiger charge is -2.30. The Bertz CT molecular complexity index is 650. The summed E-state index contributed by atoms with van der Waals surface area (Å²) in [6.07, 6.45) is -1.70. The second kappa shape index (κ2) is 7.32. The van der Waals surface area contributed by atoms with Crippen molar-refractivity contribution in [1.82, 2.24) is 15.2 Å². The Morgan fingerprint density at radius 1 is 1.04 bits per heavy atom. The molecule has 0 saturated carbocycles. The SMILES string of the molecule is FC(F)(F)c1cccc(C(c2ccccn2)N2CCCNCC2)c1. The van der Waals surface area contributed by atoms with Crippen LogP contribution in [-0.2, 0) is 6.18 Å². The first-order valence-electron chi connectivity index (χ1n) is 8.08. The molecule has 3 rings (SSSR count). The van der Waals surface area contributed by atoms with Crippen LogP contribution in [0.15, 0.2) is 48.7 Å². The third-order valence-electron chi connectivity index (χ3n) is 4.24. The van der Waals surface area contributed by atoms with Crippen LogP contribution in [0.4, 0.5) is 13.2 Å². The Morgan fingerprint density at radius 2 is 1.92 bits per heavy atom. The summed E-state index contributed by atoms with van der Waals surface area (Å²) >= 11 is 0. The van der Waals surface area contributed by atoms with Gasteiger partial charge in [0.2, 0.25) is 0 Å². The molecular formula is C18H20F3N3. The zero-order valence-electron chi connectivity index (χ0n) is 13.3. The number of halogens is 3. The fraction of sp³-hybridized carbons (Fsp3) is 0.389. The highest BCUT2D eigenvalue weighted by molar-refractivity contribution is 5.33. The van der Waals surface area contributed by atoms with E-state index in [4.69, 9.17) is 0 Å². The minimum absolute atomic E-state index is 0.270. The van der Waals surface area contributed by atoms with Gasteiger partial charge in [-0.15, -0.1) is 0 Å². The van der Waals surface area contributed by atoms with E-state index in [9.17, 15) is 13.2 Å². The first-order valence-corrected chi connectivity index (χ1v) is 8.08.